The first-order valence-corrected chi connectivity index (χ1v) is 10.3. The summed E-state index contributed by atoms with van der Waals surface area (Å²) < 4.78 is 2.53. The number of aryl methyl sites for hydroxylation is 2. The highest BCUT2D eigenvalue weighted by molar-refractivity contribution is 7.74. The average Bonchev–Trinajstić information content (AvgIpc) is 2.69. The molecule has 2 heteroatoms. The van der Waals surface area contributed by atoms with E-state index in [-0.39, 0.29) is 0 Å². The minimum absolute atomic E-state index is 0.599. The maximum Gasteiger partial charge on any atom is 0.0547 e. The van der Waals surface area contributed by atoms with Crippen LogP contribution in [0.5, 0.6) is 0 Å². The lowest BCUT2D eigenvalue weighted by Gasteiger charge is -2.33. The summed E-state index contributed by atoms with van der Waals surface area (Å²) in [5.41, 5.74) is 4.27. The lowest BCUT2D eigenvalue weighted by Crippen LogP contribution is -2.26. The lowest BCUT2D eigenvalue weighted by molar-refractivity contribution is 1.07. The molecule has 0 fully saturated rings. The first-order chi connectivity index (χ1) is 12.3. The summed E-state index contributed by atoms with van der Waals surface area (Å²) in [4.78, 5) is 0. The Morgan fingerprint density at radius 3 is 1.48 bits per heavy atom. The molecule has 0 spiro atoms. The average molecular weight is 347 g/mol. The predicted octanol–water partition coefficient (Wildman–Crippen LogP) is 5.30. The van der Waals surface area contributed by atoms with E-state index in [0.29, 0.717) is 0 Å². The zero-order valence-corrected chi connectivity index (χ0v) is 16.2. The van der Waals surface area contributed by atoms with Crippen molar-refractivity contribution in [2.24, 2.45) is 0 Å². The molecule has 0 aliphatic heterocycles. The number of benzene rings is 3. The van der Waals surface area contributed by atoms with Gasteiger partial charge >= 0.3 is 0 Å². The Hall–Kier alpha value is -2.11. The maximum atomic E-state index is 2.53. The Labute approximate surface area is 153 Å². The molecule has 0 amide bonds. The summed E-state index contributed by atoms with van der Waals surface area (Å²) >= 11 is 0. The SMILES string of the molecule is CCc1cccc(CC)c1N(C)P(c1ccccc1)c1ccccc1. The molecule has 0 bridgehead atoms. The second kappa shape index (κ2) is 8.32. The van der Waals surface area contributed by atoms with Crippen LogP contribution in [0.15, 0.2) is 78.9 Å². The van der Waals surface area contributed by atoms with Crippen molar-refractivity contribution >= 4 is 24.4 Å². The fourth-order valence-corrected chi connectivity index (χ4v) is 5.72. The van der Waals surface area contributed by atoms with Crippen molar-refractivity contribution in [2.75, 3.05) is 11.7 Å². The smallest absolute Gasteiger partial charge is 0.0547 e. The van der Waals surface area contributed by atoms with Crippen LogP contribution in [0.3, 0.4) is 0 Å². The number of hydrogen-bond acceptors (Lipinski definition) is 1. The Morgan fingerprint density at radius 1 is 0.640 bits per heavy atom. The van der Waals surface area contributed by atoms with Crippen LogP contribution >= 0.6 is 8.07 Å². The summed E-state index contributed by atoms with van der Waals surface area (Å²) in [5.74, 6) is 0. The van der Waals surface area contributed by atoms with E-state index in [1.807, 2.05) is 0 Å². The monoisotopic (exact) mass is 347 g/mol. The van der Waals surface area contributed by atoms with Gasteiger partial charge in [0, 0.05) is 23.3 Å². The zero-order valence-electron chi connectivity index (χ0n) is 15.3. The Kier molecular flexibility index (Phi) is 5.89. The van der Waals surface area contributed by atoms with Crippen LogP contribution in [0.25, 0.3) is 0 Å². The lowest BCUT2D eigenvalue weighted by atomic mass is 10.0. The predicted molar refractivity (Wildman–Crippen MR) is 113 cm³/mol. The number of para-hydroxylation sites is 1. The van der Waals surface area contributed by atoms with Crippen LogP contribution in [0.2, 0.25) is 0 Å². The van der Waals surface area contributed by atoms with Crippen molar-refractivity contribution in [1.29, 1.82) is 0 Å². The third-order valence-electron chi connectivity index (χ3n) is 4.59. The Morgan fingerprint density at radius 2 is 1.08 bits per heavy atom. The van der Waals surface area contributed by atoms with Crippen LogP contribution < -0.4 is 15.3 Å². The molecule has 1 nitrogen and oxygen atoms in total. The summed E-state index contributed by atoms with van der Waals surface area (Å²) in [6.07, 6.45) is 2.11. The van der Waals surface area contributed by atoms with E-state index in [2.05, 4.69) is 104 Å². The van der Waals surface area contributed by atoms with E-state index in [0.717, 1.165) is 12.8 Å². The molecular weight excluding hydrogens is 321 g/mol. The van der Waals surface area contributed by atoms with Gasteiger partial charge < -0.3 is 4.67 Å². The highest BCUT2D eigenvalue weighted by Crippen LogP contribution is 2.43. The van der Waals surface area contributed by atoms with Gasteiger partial charge in [-0.25, -0.2) is 0 Å². The van der Waals surface area contributed by atoms with E-state index < -0.39 is 8.07 Å². The van der Waals surface area contributed by atoms with Crippen LogP contribution in [0, 0.1) is 0 Å². The first kappa shape index (κ1) is 17.7. The zero-order chi connectivity index (χ0) is 17.6. The second-order valence-corrected chi connectivity index (χ2v) is 8.39. The van der Waals surface area contributed by atoms with E-state index in [9.17, 15) is 0 Å². The van der Waals surface area contributed by atoms with Crippen molar-refractivity contribution in [3.8, 4) is 0 Å². The Bertz CT molecular complexity index is 737. The molecular formula is C23H26NP. The normalized spacial score (nSPS) is 10.9. The molecule has 0 aromatic heterocycles. The van der Waals surface area contributed by atoms with Crippen molar-refractivity contribution in [2.45, 2.75) is 26.7 Å². The molecule has 25 heavy (non-hydrogen) atoms. The molecule has 128 valence electrons. The van der Waals surface area contributed by atoms with Gasteiger partial charge in [-0.1, -0.05) is 92.7 Å². The number of anilines is 1. The maximum absolute atomic E-state index is 2.53. The van der Waals surface area contributed by atoms with E-state index in [1.54, 1.807) is 0 Å². The summed E-state index contributed by atoms with van der Waals surface area (Å²) in [6, 6.07) is 28.6. The van der Waals surface area contributed by atoms with Gasteiger partial charge in [0.25, 0.3) is 0 Å². The van der Waals surface area contributed by atoms with Crippen molar-refractivity contribution in [3.63, 3.8) is 0 Å². The molecule has 0 atom stereocenters. The number of rotatable bonds is 6. The van der Waals surface area contributed by atoms with Gasteiger partial charge in [-0.05, 0) is 24.0 Å². The van der Waals surface area contributed by atoms with Crippen molar-refractivity contribution in [1.82, 2.24) is 0 Å². The second-order valence-electron chi connectivity index (χ2n) is 6.14. The highest BCUT2D eigenvalue weighted by atomic mass is 31.1. The molecule has 0 heterocycles. The van der Waals surface area contributed by atoms with Gasteiger partial charge in [0.05, 0.1) is 8.07 Å². The minimum atomic E-state index is -0.599. The third kappa shape index (κ3) is 3.78. The van der Waals surface area contributed by atoms with Gasteiger partial charge in [0.15, 0.2) is 0 Å². The summed E-state index contributed by atoms with van der Waals surface area (Å²) in [7, 11) is 1.66. The molecule has 0 saturated heterocycles. The van der Waals surface area contributed by atoms with Crippen LogP contribution in [0.4, 0.5) is 5.69 Å². The van der Waals surface area contributed by atoms with E-state index >= 15 is 0 Å². The van der Waals surface area contributed by atoms with Crippen molar-refractivity contribution in [3.05, 3.63) is 90.0 Å². The fraction of sp³-hybridized carbons (Fsp3) is 0.217. The Balaban J connectivity index is 2.15. The molecule has 0 unspecified atom stereocenters. The number of hydrogen-bond donors (Lipinski definition) is 0. The quantitative estimate of drug-likeness (QED) is 0.547. The van der Waals surface area contributed by atoms with Crippen LogP contribution in [-0.4, -0.2) is 7.05 Å². The molecule has 3 aromatic rings. The van der Waals surface area contributed by atoms with Gasteiger partial charge in [-0.3, -0.25) is 0 Å². The topological polar surface area (TPSA) is 3.24 Å². The number of nitrogens with zero attached hydrogens (tertiary/aromatic N) is 1. The first-order valence-electron chi connectivity index (χ1n) is 9.00. The van der Waals surface area contributed by atoms with Crippen LogP contribution in [-0.2, 0) is 12.8 Å². The fourth-order valence-electron chi connectivity index (χ4n) is 3.36. The van der Waals surface area contributed by atoms with Gasteiger partial charge in [-0.2, -0.15) is 0 Å². The molecule has 3 rings (SSSR count). The van der Waals surface area contributed by atoms with Crippen LogP contribution in [0.1, 0.15) is 25.0 Å². The van der Waals surface area contributed by atoms with Crippen molar-refractivity contribution < 1.29 is 0 Å². The van der Waals surface area contributed by atoms with E-state index in [4.69, 9.17) is 0 Å². The van der Waals surface area contributed by atoms with Gasteiger partial charge in [0.2, 0.25) is 0 Å². The van der Waals surface area contributed by atoms with Gasteiger partial charge in [0.1, 0.15) is 0 Å². The molecule has 0 radical (unpaired) electrons. The standard InChI is InChI=1S/C23H26NP/c1-4-19-13-12-14-20(5-2)23(19)24(3)25(21-15-8-6-9-16-21)22-17-10-7-11-18-22/h6-18H,4-5H2,1-3H3. The third-order valence-corrected chi connectivity index (χ3v) is 6.96. The summed E-state index contributed by atoms with van der Waals surface area (Å²) in [6.45, 7) is 4.50. The van der Waals surface area contributed by atoms with Gasteiger partial charge in [-0.15, -0.1) is 0 Å². The molecule has 0 N–H and O–H groups in total. The van der Waals surface area contributed by atoms with E-state index in [1.165, 1.54) is 27.4 Å². The molecule has 3 aromatic carbocycles. The summed E-state index contributed by atoms with van der Waals surface area (Å²) in [5, 5.41) is 2.78. The molecule has 0 saturated carbocycles. The molecule has 0 aliphatic carbocycles. The highest BCUT2D eigenvalue weighted by Gasteiger charge is 2.22. The molecule has 0 aliphatic rings. The minimum Gasteiger partial charge on any atom is -0.346 e. The largest absolute Gasteiger partial charge is 0.346 e.